The molecule has 2 atom stereocenters. The Labute approximate surface area is 146 Å². The average Bonchev–Trinajstić information content (AvgIpc) is 3.06. The van der Waals surface area contributed by atoms with Gasteiger partial charge in [-0.25, -0.2) is 4.79 Å². The number of hydrogen-bond acceptors (Lipinski definition) is 7. The molecule has 7 heteroatoms. The second-order valence-electron chi connectivity index (χ2n) is 5.57. The van der Waals surface area contributed by atoms with E-state index in [-0.39, 0.29) is 6.79 Å². The highest BCUT2D eigenvalue weighted by Gasteiger charge is 2.30. The number of methoxy groups -OCH3 is 1. The summed E-state index contributed by atoms with van der Waals surface area (Å²) in [6.07, 6.45) is 0.130. The van der Waals surface area contributed by atoms with Crippen LogP contribution < -0.4 is 14.2 Å². The molecule has 1 aliphatic rings. The summed E-state index contributed by atoms with van der Waals surface area (Å²) in [5, 5.41) is 0. The Balaban J connectivity index is 2.34. The number of fused-ring (bicyclic) bond motifs is 1. The average molecular weight is 350 g/mol. The second-order valence-corrected chi connectivity index (χ2v) is 5.57. The van der Waals surface area contributed by atoms with E-state index in [2.05, 4.69) is 0 Å². The van der Waals surface area contributed by atoms with Gasteiger partial charge < -0.3 is 23.7 Å². The lowest BCUT2D eigenvalue weighted by Gasteiger charge is -2.25. The van der Waals surface area contributed by atoms with Gasteiger partial charge >= 0.3 is 11.9 Å². The molecule has 0 aliphatic carbocycles. The van der Waals surface area contributed by atoms with Gasteiger partial charge in [0.1, 0.15) is 6.10 Å². The van der Waals surface area contributed by atoms with E-state index >= 15 is 0 Å². The molecule has 1 aromatic rings. The molecule has 1 heterocycles. The number of carbonyl (C=O) groups excluding carboxylic acids is 2. The quantitative estimate of drug-likeness (QED) is 0.576. The topological polar surface area (TPSA) is 80.3 Å². The Morgan fingerprint density at radius 2 is 1.92 bits per heavy atom. The minimum absolute atomic E-state index is 0.0818. The van der Waals surface area contributed by atoms with Gasteiger partial charge in [0.2, 0.25) is 12.5 Å². The summed E-state index contributed by atoms with van der Waals surface area (Å²) < 4.78 is 26.9. The van der Waals surface area contributed by atoms with Gasteiger partial charge in [-0.1, -0.05) is 6.08 Å². The van der Waals surface area contributed by atoms with E-state index in [0.717, 1.165) is 0 Å². The third kappa shape index (κ3) is 4.23. The second kappa shape index (κ2) is 7.92. The minimum atomic E-state index is -0.811. The van der Waals surface area contributed by atoms with Crippen LogP contribution in [0, 0.1) is 0 Å². The lowest BCUT2D eigenvalue weighted by atomic mass is 10.0. The highest BCUT2D eigenvalue weighted by atomic mass is 16.7. The van der Waals surface area contributed by atoms with Gasteiger partial charge in [-0.2, -0.15) is 0 Å². The molecular formula is C18H22O7. The van der Waals surface area contributed by atoms with Gasteiger partial charge in [0, 0.05) is 18.1 Å². The maximum absolute atomic E-state index is 12.0. The van der Waals surface area contributed by atoms with Crippen LogP contribution in [0.5, 0.6) is 17.2 Å². The molecule has 0 saturated heterocycles. The fourth-order valence-corrected chi connectivity index (χ4v) is 2.37. The van der Waals surface area contributed by atoms with E-state index in [1.165, 1.54) is 14.0 Å². The van der Waals surface area contributed by atoms with Crippen molar-refractivity contribution in [1.82, 2.24) is 0 Å². The number of esters is 2. The first kappa shape index (κ1) is 18.6. The number of benzene rings is 1. The van der Waals surface area contributed by atoms with Crippen molar-refractivity contribution >= 4 is 11.9 Å². The zero-order chi connectivity index (χ0) is 18.6. The first-order valence-corrected chi connectivity index (χ1v) is 7.86. The summed E-state index contributed by atoms with van der Waals surface area (Å²) in [4.78, 5) is 23.6. The third-order valence-electron chi connectivity index (χ3n) is 3.78. The van der Waals surface area contributed by atoms with Crippen molar-refractivity contribution < 1.29 is 33.3 Å². The van der Waals surface area contributed by atoms with Gasteiger partial charge in [0.25, 0.3) is 0 Å². The van der Waals surface area contributed by atoms with Crippen LogP contribution in [0.1, 0.15) is 39.4 Å². The number of allylic oxidation sites excluding steroid dienone is 1. The van der Waals surface area contributed by atoms with E-state index in [1.807, 2.05) is 0 Å². The summed E-state index contributed by atoms with van der Waals surface area (Å²) in [6, 6.07) is 3.36. The number of rotatable bonds is 6. The molecule has 0 N–H and O–H groups in total. The van der Waals surface area contributed by atoms with Crippen LogP contribution >= 0.6 is 0 Å². The molecular weight excluding hydrogens is 328 g/mol. The van der Waals surface area contributed by atoms with Crippen LogP contribution in [-0.2, 0) is 19.1 Å². The van der Waals surface area contributed by atoms with Gasteiger partial charge in [-0.3, -0.25) is 4.79 Å². The molecule has 1 aliphatic heterocycles. The predicted octanol–water partition coefficient (Wildman–Crippen LogP) is 2.93. The van der Waals surface area contributed by atoms with Gasteiger partial charge in [0.05, 0.1) is 7.11 Å². The normalized spacial score (nSPS) is 15.3. The van der Waals surface area contributed by atoms with Crippen LogP contribution in [0.3, 0.4) is 0 Å². The van der Waals surface area contributed by atoms with Crippen LogP contribution in [0.2, 0.25) is 0 Å². The lowest BCUT2D eigenvalue weighted by Crippen LogP contribution is -2.26. The van der Waals surface area contributed by atoms with Crippen LogP contribution in [0.25, 0.3) is 0 Å². The van der Waals surface area contributed by atoms with E-state index < -0.39 is 24.1 Å². The summed E-state index contributed by atoms with van der Waals surface area (Å²) in [5.74, 6) is 0.453. The Hall–Kier alpha value is -2.70. The zero-order valence-electron chi connectivity index (χ0n) is 15.0. The molecule has 7 nitrogen and oxygen atoms in total. The van der Waals surface area contributed by atoms with E-state index in [0.29, 0.717) is 28.4 Å². The van der Waals surface area contributed by atoms with Crippen LogP contribution in [-0.4, -0.2) is 31.9 Å². The van der Waals surface area contributed by atoms with Gasteiger partial charge in [0.15, 0.2) is 17.6 Å². The molecule has 2 rings (SSSR count). The Bertz CT molecular complexity index is 693. The van der Waals surface area contributed by atoms with Crippen molar-refractivity contribution in [3.63, 3.8) is 0 Å². The largest absolute Gasteiger partial charge is 0.493 e. The van der Waals surface area contributed by atoms with Gasteiger partial charge in [-0.15, -0.1) is 0 Å². The molecule has 0 amide bonds. The summed E-state index contributed by atoms with van der Waals surface area (Å²) >= 11 is 0. The Kier molecular flexibility index (Phi) is 5.90. The van der Waals surface area contributed by atoms with Crippen molar-refractivity contribution in [2.24, 2.45) is 0 Å². The molecule has 0 unspecified atom stereocenters. The van der Waals surface area contributed by atoms with E-state index in [9.17, 15) is 9.59 Å². The molecule has 0 bridgehead atoms. The summed E-state index contributed by atoms with van der Waals surface area (Å²) in [6.45, 7) is 6.43. The highest BCUT2D eigenvalue weighted by Crippen LogP contribution is 2.44. The molecule has 1 aromatic carbocycles. The Morgan fingerprint density at radius 3 is 2.52 bits per heavy atom. The van der Waals surface area contributed by atoms with E-state index in [4.69, 9.17) is 23.7 Å². The maximum atomic E-state index is 12.0. The molecule has 0 fully saturated rings. The maximum Gasteiger partial charge on any atom is 0.333 e. The third-order valence-corrected chi connectivity index (χ3v) is 3.78. The Morgan fingerprint density at radius 1 is 1.20 bits per heavy atom. The lowest BCUT2D eigenvalue weighted by molar-refractivity contribution is -0.163. The molecule has 0 spiro atoms. The molecule has 0 aromatic heterocycles. The summed E-state index contributed by atoms with van der Waals surface area (Å²) in [7, 11) is 1.50. The van der Waals surface area contributed by atoms with Crippen molar-refractivity contribution in [3.8, 4) is 17.2 Å². The molecule has 25 heavy (non-hydrogen) atoms. The smallest absolute Gasteiger partial charge is 0.333 e. The number of carbonyl (C=O) groups is 2. The van der Waals surface area contributed by atoms with Crippen molar-refractivity contribution in [1.29, 1.82) is 0 Å². The molecule has 0 saturated carbocycles. The fraction of sp³-hybridized carbons (Fsp3) is 0.444. The first-order valence-electron chi connectivity index (χ1n) is 7.86. The molecule has 136 valence electrons. The van der Waals surface area contributed by atoms with Crippen molar-refractivity contribution in [2.75, 3.05) is 13.9 Å². The van der Waals surface area contributed by atoms with Crippen LogP contribution in [0.4, 0.5) is 0 Å². The first-order chi connectivity index (χ1) is 11.9. The van der Waals surface area contributed by atoms with Gasteiger partial charge in [-0.05, 0) is 32.9 Å². The number of ether oxygens (including phenoxy) is 5. The summed E-state index contributed by atoms with van der Waals surface area (Å²) in [5.41, 5.74) is 1.05. The van der Waals surface area contributed by atoms with E-state index in [1.54, 1.807) is 39.0 Å². The number of hydrogen-bond donors (Lipinski definition) is 0. The highest BCUT2D eigenvalue weighted by molar-refractivity contribution is 5.87. The fourth-order valence-electron chi connectivity index (χ4n) is 2.37. The van der Waals surface area contributed by atoms with Crippen molar-refractivity contribution in [3.05, 3.63) is 29.3 Å². The van der Waals surface area contributed by atoms with Crippen molar-refractivity contribution in [2.45, 2.75) is 39.9 Å². The predicted molar refractivity (Wildman–Crippen MR) is 88.6 cm³/mol. The standard InChI is InChI=1S/C18H22O7/c1-6-10(2)18(20)24-11(3)16(25-12(4)19)13-7-14(21-5)17-15(8-13)22-9-23-17/h6-8,11,16H,9H2,1-5H3/t11-,16+/m0/s1. The van der Waals surface area contributed by atoms with Crippen LogP contribution in [0.15, 0.2) is 23.8 Å². The monoisotopic (exact) mass is 350 g/mol. The molecule has 0 radical (unpaired) electrons. The minimum Gasteiger partial charge on any atom is -0.493 e. The SMILES string of the molecule is CC=C(C)C(=O)O[C@@H](C)[C@@H](OC(C)=O)c1cc(OC)c2c(c1)OCO2. The zero-order valence-corrected chi connectivity index (χ0v) is 15.0.